The molecule has 1 amide bonds. The molecule has 0 unspecified atom stereocenters. The minimum Gasteiger partial charge on any atom is -0.381 e. The standard InChI is InChI=1S/C15H20FNO2/c1-17(9-6-12-7-10-19-11-8-12)15(18)13-2-4-14(16)5-3-13/h2-5,12H,6-11H2,1H3. The summed E-state index contributed by atoms with van der Waals surface area (Å²) in [5.41, 5.74) is 0.538. The molecule has 3 nitrogen and oxygen atoms in total. The maximum atomic E-state index is 12.8. The van der Waals surface area contributed by atoms with Gasteiger partial charge in [-0.3, -0.25) is 4.79 Å². The van der Waals surface area contributed by atoms with Crippen molar-refractivity contribution < 1.29 is 13.9 Å². The zero-order valence-electron chi connectivity index (χ0n) is 11.3. The van der Waals surface area contributed by atoms with Gasteiger partial charge in [0.25, 0.3) is 5.91 Å². The van der Waals surface area contributed by atoms with Crippen LogP contribution in [0.3, 0.4) is 0 Å². The summed E-state index contributed by atoms with van der Waals surface area (Å²) in [6, 6.07) is 5.70. The fourth-order valence-corrected chi connectivity index (χ4v) is 2.33. The molecule has 0 spiro atoms. The number of carbonyl (C=O) groups excluding carboxylic acids is 1. The summed E-state index contributed by atoms with van der Waals surface area (Å²) in [6.45, 7) is 2.40. The zero-order chi connectivity index (χ0) is 13.7. The molecule has 0 bridgehead atoms. The first kappa shape index (κ1) is 14.0. The lowest BCUT2D eigenvalue weighted by molar-refractivity contribution is 0.0583. The number of amides is 1. The van der Waals surface area contributed by atoms with Crippen LogP contribution in [-0.2, 0) is 4.74 Å². The highest BCUT2D eigenvalue weighted by atomic mass is 19.1. The highest BCUT2D eigenvalue weighted by Gasteiger charge is 2.17. The van der Waals surface area contributed by atoms with E-state index in [-0.39, 0.29) is 11.7 Å². The molecule has 0 N–H and O–H groups in total. The summed E-state index contributed by atoms with van der Waals surface area (Å²) < 4.78 is 18.1. The van der Waals surface area contributed by atoms with Crippen LogP contribution >= 0.6 is 0 Å². The van der Waals surface area contributed by atoms with Gasteiger partial charge in [-0.15, -0.1) is 0 Å². The fourth-order valence-electron chi connectivity index (χ4n) is 2.33. The van der Waals surface area contributed by atoms with E-state index in [0.717, 1.165) is 39.0 Å². The first-order valence-electron chi connectivity index (χ1n) is 6.75. The number of benzene rings is 1. The summed E-state index contributed by atoms with van der Waals surface area (Å²) in [7, 11) is 1.80. The Morgan fingerprint density at radius 2 is 1.95 bits per heavy atom. The number of ether oxygens (including phenoxy) is 1. The molecule has 1 saturated heterocycles. The SMILES string of the molecule is CN(CCC1CCOCC1)C(=O)c1ccc(F)cc1. The maximum Gasteiger partial charge on any atom is 0.253 e. The molecular weight excluding hydrogens is 245 g/mol. The Hall–Kier alpha value is -1.42. The molecule has 1 aliphatic rings. The van der Waals surface area contributed by atoms with Crippen LogP contribution in [0, 0.1) is 11.7 Å². The lowest BCUT2D eigenvalue weighted by Crippen LogP contribution is -2.30. The highest BCUT2D eigenvalue weighted by molar-refractivity contribution is 5.93. The van der Waals surface area contributed by atoms with Gasteiger partial charge in [-0.2, -0.15) is 0 Å². The van der Waals surface area contributed by atoms with Crippen LogP contribution in [0.5, 0.6) is 0 Å². The third kappa shape index (κ3) is 4.03. The van der Waals surface area contributed by atoms with Crippen molar-refractivity contribution in [2.75, 3.05) is 26.8 Å². The van der Waals surface area contributed by atoms with Gasteiger partial charge < -0.3 is 9.64 Å². The van der Waals surface area contributed by atoms with Crippen molar-refractivity contribution in [1.29, 1.82) is 0 Å². The van der Waals surface area contributed by atoms with E-state index >= 15 is 0 Å². The van der Waals surface area contributed by atoms with Crippen molar-refractivity contribution in [3.8, 4) is 0 Å². The molecule has 2 rings (SSSR count). The zero-order valence-corrected chi connectivity index (χ0v) is 11.3. The second-order valence-corrected chi connectivity index (χ2v) is 5.08. The number of carbonyl (C=O) groups is 1. The van der Waals surface area contributed by atoms with Gasteiger partial charge in [0, 0.05) is 32.4 Å². The van der Waals surface area contributed by atoms with E-state index in [1.807, 2.05) is 0 Å². The van der Waals surface area contributed by atoms with Crippen LogP contribution < -0.4 is 0 Å². The van der Waals surface area contributed by atoms with Crippen molar-refractivity contribution in [2.24, 2.45) is 5.92 Å². The van der Waals surface area contributed by atoms with Crippen LogP contribution in [0.4, 0.5) is 4.39 Å². The van der Waals surface area contributed by atoms with E-state index in [4.69, 9.17) is 4.74 Å². The molecule has 1 aromatic carbocycles. The predicted molar refractivity (Wildman–Crippen MR) is 71.5 cm³/mol. The molecule has 0 aromatic heterocycles. The van der Waals surface area contributed by atoms with Gasteiger partial charge in [-0.1, -0.05) is 0 Å². The molecule has 1 heterocycles. The van der Waals surface area contributed by atoms with Crippen molar-refractivity contribution in [3.05, 3.63) is 35.6 Å². The molecular formula is C15H20FNO2. The molecule has 1 fully saturated rings. The van der Waals surface area contributed by atoms with Crippen molar-refractivity contribution in [1.82, 2.24) is 4.90 Å². The van der Waals surface area contributed by atoms with Crippen LogP contribution in [0.25, 0.3) is 0 Å². The monoisotopic (exact) mass is 265 g/mol. The van der Waals surface area contributed by atoms with Crippen molar-refractivity contribution in [3.63, 3.8) is 0 Å². The Morgan fingerprint density at radius 1 is 1.32 bits per heavy atom. The molecule has 19 heavy (non-hydrogen) atoms. The average Bonchev–Trinajstić information content (AvgIpc) is 2.46. The minimum atomic E-state index is -0.318. The van der Waals surface area contributed by atoms with Gasteiger partial charge in [0.2, 0.25) is 0 Å². The molecule has 1 aromatic rings. The molecule has 0 radical (unpaired) electrons. The summed E-state index contributed by atoms with van der Waals surface area (Å²) >= 11 is 0. The fraction of sp³-hybridized carbons (Fsp3) is 0.533. The molecule has 4 heteroatoms. The highest BCUT2D eigenvalue weighted by Crippen LogP contribution is 2.19. The first-order chi connectivity index (χ1) is 9.16. The maximum absolute atomic E-state index is 12.8. The summed E-state index contributed by atoms with van der Waals surface area (Å²) in [5, 5.41) is 0. The molecule has 1 aliphatic heterocycles. The van der Waals surface area contributed by atoms with E-state index < -0.39 is 0 Å². The Balaban J connectivity index is 1.83. The Labute approximate surface area is 113 Å². The van der Waals surface area contributed by atoms with Gasteiger partial charge in [0.1, 0.15) is 5.82 Å². The smallest absolute Gasteiger partial charge is 0.253 e. The third-order valence-electron chi connectivity index (χ3n) is 3.65. The lowest BCUT2D eigenvalue weighted by atomic mass is 9.96. The topological polar surface area (TPSA) is 29.5 Å². The van der Waals surface area contributed by atoms with Gasteiger partial charge in [0.05, 0.1) is 0 Å². The van der Waals surface area contributed by atoms with E-state index in [2.05, 4.69) is 0 Å². The number of hydrogen-bond donors (Lipinski definition) is 0. The Kier molecular flexibility index (Phi) is 4.91. The summed E-state index contributed by atoms with van der Waals surface area (Å²) in [5.74, 6) is 0.283. The molecule has 0 aliphatic carbocycles. The minimum absolute atomic E-state index is 0.0490. The van der Waals surface area contributed by atoms with Gasteiger partial charge in [-0.05, 0) is 49.4 Å². The van der Waals surface area contributed by atoms with Crippen molar-refractivity contribution in [2.45, 2.75) is 19.3 Å². The van der Waals surface area contributed by atoms with Gasteiger partial charge in [-0.25, -0.2) is 4.39 Å². The van der Waals surface area contributed by atoms with Crippen LogP contribution in [0.15, 0.2) is 24.3 Å². The first-order valence-corrected chi connectivity index (χ1v) is 6.75. The van der Waals surface area contributed by atoms with Crippen LogP contribution in [0.1, 0.15) is 29.6 Å². The third-order valence-corrected chi connectivity index (χ3v) is 3.65. The second kappa shape index (κ2) is 6.66. The van der Waals surface area contributed by atoms with E-state index in [9.17, 15) is 9.18 Å². The van der Waals surface area contributed by atoms with E-state index in [1.165, 1.54) is 24.3 Å². The van der Waals surface area contributed by atoms with Crippen molar-refractivity contribution >= 4 is 5.91 Å². The van der Waals surface area contributed by atoms with E-state index in [0.29, 0.717) is 11.5 Å². The number of hydrogen-bond acceptors (Lipinski definition) is 2. The van der Waals surface area contributed by atoms with Crippen LogP contribution in [-0.4, -0.2) is 37.6 Å². The second-order valence-electron chi connectivity index (χ2n) is 5.08. The quantitative estimate of drug-likeness (QED) is 0.837. The molecule has 0 atom stereocenters. The average molecular weight is 265 g/mol. The molecule has 104 valence electrons. The largest absolute Gasteiger partial charge is 0.381 e. The van der Waals surface area contributed by atoms with Crippen LogP contribution in [0.2, 0.25) is 0 Å². The Morgan fingerprint density at radius 3 is 2.58 bits per heavy atom. The molecule has 0 saturated carbocycles. The number of nitrogens with zero attached hydrogens (tertiary/aromatic N) is 1. The Bertz CT molecular complexity index is 413. The number of rotatable bonds is 4. The van der Waals surface area contributed by atoms with E-state index in [1.54, 1.807) is 11.9 Å². The summed E-state index contributed by atoms with van der Waals surface area (Å²) in [6.07, 6.45) is 3.17. The summed E-state index contributed by atoms with van der Waals surface area (Å²) in [4.78, 5) is 13.8. The normalized spacial score (nSPS) is 16.3. The lowest BCUT2D eigenvalue weighted by Gasteiger charge is -2.25. The number of halogens is 1. The van der Waals surface area contributed by atoms with Gasteiger partial charge in [0.15, 0.2) is 0 Å². The predicted octanol–water partition coefficient (Wildman–Crippen LogP) is 2.71. The van der Waals surface area contributed by atoms with Gasteiger partial charge >= 0.3 is 0 Å².